The molecule has 1 aliphatic heterocycles. The van der Waals surface area contributed by atoms with Gasteiger partial charge in [-0.25, -0.2) is 4.79 Å². The molecular formula is C21H18Cl2N2O4. The molecular weight excluding hydrogens is 415 g/mol. The number of anilines is 1. The van der Waals surface area contributed by atoms with Crippen LogP contribution in [-0.2, 0) is 20.9 Å². The fourth-order valence-electron chi connectivity index (χ4n) is 2.68. The van der Waals surface area contributed by atoms with Crippen LogP contribution in [-0.4, -0.2) is 29.3 Å². The molecule has 2 amide bonds. The Morgan fingerprint density at radius 2 is 1.66 bits per heavy atom. The highest BCUT2D eigenvalue weighted by Gasteiger charge is 2.37. The zero-order valence-corrected chi connectivity index (χ0v) is 17.1. The van der Waals surface area contributed by atoms with E-state index in [4.69, 9.17) is 27.9 Å². The maximum absolute atomic E-state index is 12.7. The normalized spacial score (nSPS) is 13.8. The van der Waals surface area contributed by atoms with Gasteiger partial charge in [0.25, 0.3) is 11.8 Å². The minimum atomic E-state index is -0.575. The zero-order valence-electron chi connectivity index (χ0n) is 15.6. The van der Waals surface area contributed by atoms with Crippen LogP contribution in [0.1, 0.15) is 29.3 Å². The fraction of sp³-hybridized carbons (Fsp3) is 0.190. The number of esters is 1. The highest BCUT2D eigenvalue weighted by Crippen LogP contribution is 2.27. The van der Waals surface area contributed by atoms with E-state index in [0.717, 1.165) is 16.9 Å². The number of hydrogen-bond donors (Lipinski definition) is 1. The van der Waals surface area contributed by atoms with Gasteiger partial charge in [0.05, 0.1) is 18.7 Å². The molecule has 0 saturated carbocycles. The Labute approximate surface area is 178 Å². The quantitative estimate of drug-likeness (QED) is 0.520. The number of hydrogen-bond acceptors (Lipinski definition) is 5. The van der Waals surface area contributed by atoms with Gasteiger partial charge in [-0.1, -0.05) is 42.3 Å². The lowest BCUT2D eigenvalue weighted by Gasteiger charge is -2.15. The summed E-state index contributed by atoms with van der Waals surface area (Å²) in [4.78, 5) is 38.0. The summed E-state index contributed by atoms with van der Waals surface area (Å²) < 4.78 is 5.07. The van der Waals surface area contributed by atoms with Crippen molar-refractivity contribution in [2.75, 3.05) is 11.9 Å². The molecule has 0 atom stereocenters. The van der Waals surface area contributed by atoms with Crippen LogP contribution in [0.15, 0.2) is 59.3 Å². The second-order valence-corrected chi connectivity index (χ2v) is 7.16. The summed E-state index contributed by atoms with van der Waals surface area (Å²) in [5.41, 5.74) is 1.64. The molecule has 29 heavy (non-hydrogen) atoms. The molecule has 1 N–H and O–H groups in total. The first kappa shape index (κ1) is 20.9. The number of carbonyl (C=O) groups is 3. The van der Waals surface area contributed by atoms with E-state index in [1.54, 1.807) is 48.5 Å². The largest absolute Gasteiger partial charge is 0.462 e. The van der Waals surface area contributed by atoms with Gasteiger partial charge in [-0.05, 0) is 48.4 Å². The van der Waals surface area contributed by atoms with Gasteiger partial charge < -0.3 is 10.1 Å². The Balaban J connectivity index is 1.70. The average Bonchev–Trinajstić information content (AvgIpc) is 2.92. The smallest absolute Gasteiger partial charge is 0.338 e. The van der Waals surface area contributed by atoms with Crippen molar-refractivity contribution in [3.8, 4) is 0 Å². The van der Waals surface area contributed by atoms with Gasteiger partial charge in [0.1, 0.15) is 10.7 Å². The topological polar surface area (TPSA) is 75.7 Å². The summed E-state index contributed by atoms with van der Waals surface area (Å²) in [6, 6.07) is 13.2. The van der Waals surface area contributed by atoms with E-state index in [1.165, 1.54) is 0 Å². The SMILES string of the molecule is CCCOC(=O)c1ccc(NC2=C(Cl)C(=O)N(Cc3ccc(Cl)cc3)C2=O)cc1. The predicted octanol–water partition coefficient (Wildman–Crippen LogP) is 4.34. The summed E-state index contributed by atoms with van der Waals surface area (Å²) in [5, 5.41) is 3.25. The molecule has 150 valence electrons. The van der Waals surface area contributed by atoms with Crippen LogP contribution < -0.4 is 5.32 Å². The lowest BCUT2D eigenvalue weighted by Crippen LogP contribution is -2.31. The Morgan fingerprint density at radius 3 is 2.28 bits per heavy atom. The Bertz CT molecular complexity index is 969. The maximum Gasteiger partial charge on any atom is 0.338 e. The van der Waals surface area contributed by atoms with Crippen LogP contribution in [0.5, 0.6) is 0 Å². The van der Waals surface area contributed by atoms with Gasteiger partial charge >= 0.3 is 5.97 Å². The molecule has 0 fully saturated rings. The molecule has 2 aromatic rings. The van der Waals surface area contributed by atoms with Crippen molar-refractivity contribution in [3.63, 3.8) is 0 Å². The van der Waals surface area contributed by atoms with Crippen LogP contribution in [0.4, 0.5) is 5.69 Å². The molecule has 2 aromatic carbocycles. The summed E-state index contributed by atoms with van der Waals surface area (Å²) in [6.45, 7) is 2.34. The van der Waals surface area contributed by atoms with E-state index in [2.05, 4.69) is 5.32 Å². The molecule has 0 aromatic heterocycles. The summed E-state index contributed by atoms with van der Waals surface area (Å²) in [7, 11) is 0. The number of imide groups is 1. The number of halogens is 2. The second-order valence-electron chi connectivity index (χ2n) is 6.35. The first-order chi connectivity index (χ1) is 13.9. The third-order valence-electron chi connectivity index (χ3n) is 4.19. The molecule has 3 rings (SSSR count). The molecule has 1 heterocycles. The number of benzene rings is 2. The lowest BCUT2D eigenvalue weighted by molar-refractivity contribution is -0.138. The van der Waals surface area contributed by atoms with E-state index in [-0.39, 0.29) is 17.3 Å². The Morgan fingerprint density at radius 1 is 1.00 bits per heavy atom. The number of amides is 2. The minimum absolute atomic E-state index is 0.00746. The molecule has 8 heteroatoms. The summed E-state index contributed by atoms with van der Waals surface area (Å²) in [5.74, 6) is -1.52. The van der Waals surface area contributed by atoms with E-state index >= 15 is 0 Å². The van der Waals surface area contributed by atoms with E-state index < -0.39 is 17.8 Å². The van der Waals surface area contributed by atoms with E-state index in [1.807, 2.05) is 6.92 Å². The molecule has 0 bridgehead atoms. The lowest BCUT2D eigenvalue weighted by atomic mass is 10.2. The first-order valence-corrected chi connectivity index (χ1v) is 9.71. The molecule has 1 aliphatic rings. The van der Waals surface area contributed by atoms with Gasteiger partial charge in [0, 0.05) is 10.7 Å². The summed E-state index contributed by atoms with van der Waals surface area (Å²) in [6.07, 6.45) is 0.737. The summed E-state index contributed by atoms with van der Waals surface area (Å²) >= 11 is 12.0. The monoisotopic (exact) mass is 432 g/mol. The van der Waals surface area contributed by atoms with Gasteiger partial charge in [0.2, 0.25) is 0 Å². The van der Waals surface area contributed by atoms with Gasteiger partial charge in [0.15, 0.2) is 0 Å². The van der Waals surface area contributed by atoms with Crippen LogP contribution in [0, 0.1) is 0 Å². The zero-order chi connectivity index (χ0) is 21.0. The van der Waals surface area contributed by atoms with Crippen LogP contribution in [0.25, 0.3) is 0 Å². The third-order valence-corrected chi connectivity index (χ3v) is 4.80. The van der Waals surface area contributed by atoms with Crippen LogP contribution in [0.3, 0.4) is 0 Å². The fourth-order valence-corrected chi connectivity index (χ4v) is 3.04. The number of ether oxygens (including phenoxy) is 1. The number of carbonyl (C=O) groups excluding carboxylic acids is 3. The van der Waals surface area contributed by atoms with Crippen molar-refractivity contribution >= 4 is 46.7 Å². The molecule has 0 saturated heterocycles. The average molecular weight is 433 g/mol. The maximum atomic E-state index is 12.7. The molecule has 0 aliphatic carbocycles. The van der Waals surface area contributed by atoms with Gasteiger partial charge in [-0.2, -0.15) is 0 Å². The van der Waals surface area contributed by atoms with Crippen molar-refractivity contribution < 1.29 is 19.1 Å². The van der Waals surface area contributed by atoms with Crippen molar-refractivity contribution in [1.82, 2.24) is 4.90 Å². The minimum Gasteiger partial charge on any atom is -0.462 e. The van der Waals surface area contributed by atoms with Crippen LogP contribution >= 0.6 is 23.2 Å². The molecule has 6 nitrogen and oxygen atoms in total. The van der Waals surface area contributed by atoms with Crippen molar-refractivity contribution in [1.29, 1.82) is 0 Å². The third kappa shape index (κ3) is 4.78. The van der Waals surface area contributed by atoms with E-state index in [0.29, 0.717) is 22.9 Å². The van der Waals surface area contributed by atoms with Crippen molar-refractivity contribution in [2.24, 2.45) is 0 Å². The Hall–Kier alpha value is -2.83. The highest BCUT2D eigenvalue weighted by molar-refractivity contribution is 6.48. The number of nitrogens with zero attached hydrogens (tertiary/aromatic N) is 1. The molecule has 0 unspecified atom stereocenters. The van der Waals surface area contributed by atoms with Gasteiger partial charge in [-0.3, -0.25) is 14.5 Å². The van der Waals surface area contributed by atoms with E-state index in [9.17, 15) is 14.4 Å². The standard InChI is InChI=1S/C21H18Cl2N2O4/c1-2-11-29-21(28)14-5-9-16(10-6-14)24-18-17(23)19(26)25(20(18)27)12-13-3-7-15(22)8-4-13/h3-10,24H,2,11-12H2,1H3. The second kappa shape index (κ2) is 9.11. The highest BCUT2D eigenvalue weighted by atomic mass is 35.5. The van der Waals surface area contributed by atoms with Crippen LogP contribution in [0.2, 0.25) is 5.02 Å². The first-order valence-electron chi connectivity index (χ1n) is 8.95. The number of nitrogens with one attached hydrogen (secondary N) is 1. The van der Waals surface area contributed by atoms with Crippen molar-refractivity contribution in [2.45, 2.75) is 19.9 Å². The van der Waals surface area contributed by atoms with Crippen molar-refractivity contribution in [3.05, 3.63) is 75.4 Å². The Kier molecular flexibility index (Phi) is 6.56. The number of rotatable bonds is 7. The molecule has 0 radical (unpaired) electrons. The molecule has 0 spiro atoms. The van der Waals surface area contributed by atoms with Gasteiger partial charge in [-0.15, -0.1) is 0 Å². The predicted molar refractivity (Wildman–Crippen MR) is 111 cm³/mol.